The van der Waals surface area contributed by atoms with Crippen LogP contribution >= 0.6 is 23.2 Å². The van der Waals surface area contributed by atoms with Crippen molar-refractivity contribution in [1.29, 1.82) is 0 Å². The van der Waals surface area contributed by atoms with Crippen LogP contribution in [0.25, 0.3) is 0 Å². The zero-order valence-electron chi connectivity index (χ0n) is 7.09. The summed E-state index contributed by atoms with van der Waals surface area (Å²) in [5.41, 5.74) is 5.38. The first-order valence-electron chi connectivity index (χ1n) is 3.69. The van der Waals surface area contributed by atoms with E-state index < -0.39 is 5.54 Å². The van der Waals surface area contributed by atoms with Crippen LogP contribution in [0.1, 0.15) is 12.6 Å². The maximum atomic E-state index is 8.97. The summed E-state index contributed by atoms with van der Waals surface area (Å²) in [4.78, 5) is 3.96. The second-order valence-corrected chi connectivity index (χ2v) is 3.81. The van der Waals surface area contributed by atoms with Crippen molar-refractivity contribution in [3.8, 4) is 0 Å². The van der Waals surface area contributed by atoms with Gasteiger partial charge in [-0.3, -0.25) is 0 Å². The minimum absolute atomic E-state index is 0.196. The molecule has 0 aliphatic carbocycles. The van der Waals surface area contributed by atoms with Gasteiger partial charge in [-0.1, -0.05) is 23.2 Å². The first kappa shape index (κ1) is 10.7. The molecule has 13 heavy (non-hydrogen) atoms. The van der Waals surface area contributed by atoms with Gasteiger partial charge in [-0.15, -0.1) is 0 Å². The van der Waals surface area contributed by atoms with E-state index in [0.717, 1.165) is 0 Å². The van der Waals surface area contributed by atoms with Crippen molar-refractivity contribution in [2.24, 2.45) is 5.73 Å². The number of halogens is 2. The topological polar surface area (TPSA) is 59.1 Å². The van der Waals surface area contributed by atoms with Crippen LogP contribution < -0.4 is 5.73 Å². The van der Waals surface area contributed by atoms with Gasteiger partial charge in [-0.25, -0.2) is 4.98 Å². The van der Waals surface area contributed by atoms with Gasteiger partial charge in [0.2, 0.25) is 0 Å². The molecule has 3 nitrogen and oxygen atoms in total. The third-order valence-corrected chi connectivity index (χ3v) is 2.41. The Balaban J connectivity index is 3.10. The van der Waals surface area contributed by atoms with Crippen molar-refractivity contribution < 1.29 is 5.11 Å². The lowest BCUT2D eigenvalue weighted by atomic mass is 10.0. The molecular formula is C8H10Cl2N2O. The van der Waals surface area contributed by atoms with Crippen LogP contribution in [0.4, 0.5) is 0 Å². The summed E-state index contributed by atoms with van der Waals surface area (Å²) in [6, 6.07) is 3.25. The average molecular weight is 221 g/mol. The number of nitrogens with two attached hydrogens (primary N) is 1. The van der Waals surface area contributed by atoms with E-state index in [2.05, 4.69) is 4.98 Å². The number of nitrogens with zero attached hydrogens (tertiary/aromatic N) is 1. The molecule has 0 unspecified atom stereocenters. The van der Waals surface area contributed by atoms with Crippen LogP contribution in [0, 0.1) is 0 Å². The van der Waals surface area contributed by atoms with Crippen molar-refractivity contribution in [2.75, 3.05) is 6.61 Å². The van der Waals surface area contributed by atoms with Crippen molar-refractivity contribution in [1.82, 2.24) is 4.98 Å². The molecule has 0 spiro atoms. The van der Waals surface area contributed by atoms with Crippen LogP contribution in [0.15, 0.2) is 12.1 Å². The number of hydrogen-bond acceptors (Lipinski definition) is 3. The Morgan fingerprint density at radius 3 is 2.62 bits per heavy atom. The fourth-order valence-corrected chi connectivity index (χ4v) is 1.08. The van der Waals surface area contributed by atoms with E-state index in [1.807, 2.05) is 0 Å². The van der Waals surface area contributed by atoms with Crippen molar-refractivity contribution in [3.63, 3.8) is 0 Å². The highest BCUT2D eigenvalue weighted by atomic mass is 35.5. The van der Waals surface area contributed by atoms with Crippen molar-refractivity contribution in [3.05, 3.63) is 28.0 Å². The molecule has 0 aromatic carbocycles. The van der Waals surface area contributed by atoms with Gasteiger partial charge >= 0.3 is 0 Å². The first-order valence-corrected chi connectivity index (χ1v) is 4.45. The van der Waals surface area contributed by atoms with Crippen LogP contribution in [-0.4, -0.2) is 16.7 Å². The summed E-state index contributed by atoms with van der Waals surface area (Å²) < 4.78 is 0. The minimum atomic E-state index is -0.881. The number of aliphatic hydroxyl groups excluding tert-OH is 1. The van der Waals surface area contributed by atoms with E-state index in [0.29, 0.717) is 10.7 Å². The van der Waals surface area contributed by atoms with Gasteiger partial charge < -0.3 is 10.8 Å². The zero-order chi connectivity index (χ0) is 10.1. The molecule has 0 saturated heterocycles. The van der Waals surface area contributed by atoms with Gasteiger partial charge in [0.15, 0.2) is 0 Å². The van der Waals surface area contributed by atoms with Gasteiger partial charge in [-0.05, 0) is 19.1 Å². The standard InChI is InChI=1S/C8H10Cl2N2O/c1-8(11,4-13)6-3-2-5(9)7(10)12-6/h2-3,13H,4,11H2,1H3/t8-/m1/s1. The van der Waals surface area contributed by atoms with E-state index in [4.69, 9.17) is 34.0 Å². The van der Waals surface area contributed by atoms with Crippen molar-refractivity contribution >= 4 is 23.2 Å². The Morgan fingerprint density at radius 1 is 1.54 bits per heavy atom. The number of aromatic nitrogens is 1. The Bertz CT molecular complexity index is 315. The van der Waals surface area contributed by atoms with Gasteiger partial charge in [0.25, 0.3) is 0 Å². The van der Waals surface area contributed by atoms with Crippen LogP contribution in [0.2, 0.25) is 10.2 Å². The van der Waals surface area contributed by atoms with Crippen molar-refractivity contribution in [2.45, 2.75) is 12.5 Å². The number of pyridine rings is 1. The molecule has 0 bridgehead atoms. The van der Waals surface area contributed by atoms with Gasteiger partial charge in [0.1, 0.15) is 5.15 Å². The van der Waals surface area contributed by atoms with E-state index >= 15 is 0 Å². The summed E-state index contributed by atoms with van der Waals surface area (Å²) >= 11 is 11.4. The zero-order valence-corrected chi connectivity index (χ0v) is 8.60. The molecule has 1 aromatic heterocycles. The highest BCUT2D eigenvalue weighted by Crippen LogP contribution is 2.23. The second kappa shape index (κ2) is 3.80. The molecule has 1 rings (SSSR count). The maximum Gasteiger partial charge on any atom is 0.147 e. The van der Waals surface area contributed by atoms with E-state index in [9.17, 15) is 0 Å². The van der Waals surface area contributed by atoms with E-state index in [1.54, 1.807) is 19.1 Å². The number of hydrogen-bond donors (Lipinski definition) is 2. The lowest BCUT2D eigenvalue weighted by Crippen LogP contribution is -2.37. The molecule has 1 heterocycles. The third-order valence-electron chi connectivity index (χ3n) is 1.72. The predicted octanol–water partition coefficient (Wildman–Crippen LogP) is 1.55. The molecule has 0 saturated carbocycles. The SMILES string of the molecule is C[C@@](N)(CO)c1ccc(Cl)c(Cl)n1. The Labute approximate surface area is 86.5 Å². The molecule has 1 aromatic rings. The summed E-state index contributed by atoms with van der Waals surface area (Å²) in [5, 5.41) is 9.54. The fourth-order valence-electron chi connectivity index (χ4n) is 0.816. The number of rotatable bonds is 2. The summed E-state index contributed by atoms with van der Waals surface area (Å²) in [7, 11) is 0. The normalized spacial score (nSPS) is 15.5. The smallest absolute Gasteiger partial charge is 0.147 e. The largest absolute Gasteiger partial charge is 0.394 e. The second-order valence-electron chi connectivity index (χ2n) is 3.04. The molecule has 1 atom stereocenters. The molecule has 72 valence electrons. The lowest BCUT2D eigenvalue weighted by molar-refractivity contribution is 0.207. The fraction of sp³-hybridized carbons (Fsp3) is 0.375. The average Bonchev–Trinajstić information content (AvgIpc) is 2.09. The predicted molar refractivity (Wildman–Crippen MR) is 52.9 cm³/mol. The first-order chi connectivity index (χ1) is 5.97. The van der Waals surface area contributed by atoms with Crippen LogP contribution in [-0.2, 0) is 5.54 Å². The molecule has 0 fully saturated rings. The quantitative estimate of drug-likeness (QED) is 0.745. The summed E-state index contributed by atoms with van der Waals surface area (Å²) in [5.74, 6) is 0. The summed E-state index contributed by atoms with van der Waals surface area (Å²) in [6.45, 7) is 1.47. The molecule has 3 N–H and O–H groups in total. The number of aliphatic hydroxyl groups is 1. The van der Waals surface area contributed by atoms with Gasteiger partial charge in [0.05, 0.1) is 22.9 Å². The molecule has 0 aliphatic heterocycles. The Morgan fingerprint density at radius 2 is 2.15 bits per heavy atom. The van der Waals surface area contributed by atoms with E-state index in [-0.39, 0.29) is 11.8 Å². The maximum absolute atomic E-state index is 8.97. The molecule has 5 heteroatoms. The Kier molecular flexibility index (Phi) is 3.14. The third kappa shape index (κ3) is 2.31. The van der Waals surface area contributed by atoms with Crippen LogP contribution in [0.3, 0.4) is 0 Å². The van der Waals surface area contributed by atoms with Gasteiger partial charge in [0, 0.05) is 0 Å². The van der Waals surface area contributed by atoms with Crippen LogP contribution in [0.5, 0.6) is 0 Å². The molecule has 0 radical (unpaired) electrons. The Hall–Kier alpha value is -0.350. The minimum Gasteiger partial charge on any atom is -0.394 e. The molecule has 0 aliphatic rings. The summed E-state index contributed by atoms with van der Waals surface area (Å²) in [6.07, 6.45) is 0. The van der Waals surface area contributed by atoms with E-state index in [1.165, 1.54) is 0 Å². The highest BCUT2D eigenvalue weighted by molar-refractivity contribution is 6.41. The monoisotopic (exact) mass is 220 g/mol. The molecular weight excluding hydrogens is 211 g/mol. The lowest BCUT2D eigenvalue weighted by Gasteiger charge is -2.20. The molecule has 0 amide bonds. The highest BCUT2D eigenvalue weighted by Gasteiger charge is 2.22. The van der Waals surface area contributed by atoms with Gasteiger partial charge in [-0.2, -0.15) is 0 Å².